The van der Waals surface area contributed by atoms with Gasteiger partial charge in [0.1, 0.15) is 11.9 Å². The Morgan fingerprint density at radius 1 is 1.18 bits per heavy atom. The number of carbonyl (C=O) groups excluding carboxylic acids is 1. The van der Waals surface area contributed by atoms with E-state index < -0.39 is 0 Å². The van der Waals surface area contributed by atoms with Gasteiger partial charge in [-0.05, 0) is 37.8 Å². The van der Waals surface area contributed by atoms with Crippen LogP contribution in [0.5, 0.6) is 5.75 Å². The van der Waals surface area contributed by atoms with Gasteiger partial charge in [0, 0.05) is 23.4 Å². The predicted octanol–water partition coefficient (Wildman–Crippen LogP) is 3.75. The molecule has 3 heterocycles. The number of fused-ring (bicyclic) bond motifs is 1. The van der Waals surface area contributed by atoms with Crippen molar-refractivity contribution >= 4 is 5.91 Å². The molecule has 8 heteroatoms. The molecule has 172 valence electrons. The van der Waals surface area contributed by atoms with Crippen LogP contribution in [-0.4, -0.2) is 57.8 Å². The van der Waals surface area contributed by atoms with Gasteiger partial charge in [0.05, 0.1) is 44.0 Å². The number of nitrogens with one attached hydrogen (secondary N) is 1. The van der Waals surface area contributed by atoms with Crippen molar-refractivity contribution in [2.75, 3.05) is 26.8 Å². The van der Waals surface area contributed by atoms with Crippen molar-refractivity contribution in [3.8, 4) is 17.0 Å². The highest BCUT2D eigenvalue weighted by atomic mass is 16.5. The molecule has 2 aromatic heterocycles. The molecule has 0 bridgehead atoms. The largest absolute Gasteiger partial charge is 0.497 e. The number of carbonyl (C=O) groups is 1. The summed E-state index contributed by atoms with van der Waals surface area (Å²) in [4.78, 5) is 24.4. The number of aromatic amines is 1. The summed E-state index contributed by atoms with van der Waals surface area (Å²) in [5, 5.41) is 7.56. The minimum absolute atomic E-state index is 0.0294. The summed E-state index contributed by atoms with van der Waals surface area (Å²) < 4.78 is 11.3. The van der Waals surface area contributed by atoms with E-state index in [9.17, 15) is 4.79 Å². The van der Waals surface area contributed by atoms with Crippen LogP contribution in [0, 0.1) is 0 Å². The lowest BCUT2D eigenvalue weighted by Crippen LogP contribution is -2.43. The van der Waals surface area contributed by atoms with Crippen LogP contribution >= 0.6 is 0 Å². The van der Waals surface area contributed by atoms with Crippen molar-refractivity contribution in [1.29, 1.82) is 0 Å². The number of methoxy groups -OCH3 is 1. The number of aromatic nitrogens is 4. The summed E-state index contributed by atoms with van der Waals surface area (Å²) in [6.45, 7) is 1.42. The van der Waals surface area contributed by atoms with Crippen LogP contribution in [0.15, 0.2) is 36.7 Å². The Kier molecular flexibility index (Phi) is 6.35. The van der Waals surface area contributed by atoms with E-state index in [4.69, 9.17) is 14.5 Å². The zero-order chi connectivity index (χ0) is 22.6. The van der Waals surface area contributed by atoms with Crippen LogP contribution in [0.1, 0.15) is 59.2 Å². The van der Waals surface area contributed by atoms with E-state index in [1.807, 2.05) is 29.2 Å². The molecule has 2 aliphatic rings. The number of ether oxygens (including phenoxy) is 2. The second kappa shape index (κ2) is 9.70. The van der Waals surface area contributed by atoms with Crippen molar-refractivity contribution in [2.45, 2.75) is 44.6 Å². The van der Waals surface area contributed by atoms with Gasteiger partial charge >= 0.3 is 0 Å². The molecule has 1 fully saturated rings. The third-order valence-corrected chi connectivity index (χ3v) is 6.46. The highest BCUT2D eigenvalue weighted by Crippen LogP contribution is 2.27. The maximum absolute atomic E-state index is 13.4. The third-order valence-electron chi connectivity index (χ3n) is 6.46. The molecule has 8 nitrogen and oxygen atoms in total. The summed E-state index contributed by atoms with van der Waals surface area (Å²) in [5.41, 5.74) is 5.17. The highest BCUT2D eigenvalue weighted by molar-refractivity contribution is 5.94. The number of hydrogen-bond acceptors (Lipinski definition) is 6. The van der Waals surface area contributed by atoms with Crippen molar-refractivity contribution in [3.63, 3.8) is 0 Å². The lowest BCUT2D eigenvalue weighted by molar-refractivity contribution is -0.0250. The second-order valence-electron chi connectivity index (χ2n) is 8.62. The molecule has 33 heavy (non-hydrogen) atoms. The quantitative estimate of drug-likeness (QED) is 0.655. The van der Waals surface area contributed by atoms with Gasteiger partial charge in [0.25, 0.3) is 5.91 Å². The number of amides is 1. The third kappa shape index (κ3) is 4.61. The zero-order valence-corrected chi connectivity index (χ0v) is 18.9. The molecule has 0 unspecified atom stereocenters. The fraction of sp³-hybridized carbons (Fsp3) is 0.440. The van der Waals surface area contributed by atoms with Crippen LogP contribution < -0.4 is 4.74 Å². The molecule has 5 rings (SSSR count). The molecule has 1 aliphatic heterocycles. The molecular formula is C25H29N5O3. The maximum Gasteiger partial charge on any atom is 0.274 e. The molecular weight excluding hydrogens is 418 g/mol. The van der Waals surface area contributed by atoms with E-state index in [1.165, 1.54) is 12.8 Å². The summed E-state index contributed by atoms with van der Waals surface area (Å²) in [6.07, 6.45) is 9.68. The van der Waals surface area contributed by atoms with Gasteiger partial charge in [-0.3, -0.25) is 14.9 Å². The number of morpholine rings is 1. The zero-order valence-electron chi connectivity index (χ0n) is 18.9. The normalized spacial score (nSPS) is 18.8. The summed E-state index contributed by atoms with van der Waals surface area (Å²) in [5.74, 6) is 0.734. The summed E-state index contributed by atoms with van der Waals surface area (Å²) in [6, 6.07) is 7.72. The SMILES string of the molecule is COc1cccc(-c2cncc([C@@H]3CN(C(=O)c4n[nH]c5c4CCCCCC5)CCO3)n2)c1. The van der Waals surface area contributed by atoms with E-state index >= 15 is 0 Å². The Morgan fingerprint density at radius 3 is 2.94 bits per heavy atom. The van der Waals surface area contributed by atoms with Gasteiger partial charge in [-0.2, -0.15) is 5.10 Å². The monoisotopic (exact) mass is 447 g/mol. The van der Waals surface area contributed by atoms with E-state index in [0.717, 1.165) is 53.9 Å². The number of rotatable bonds is 4. The van der Waals surface area contributed by atoms with Crippen LogP contribution in [0.25, 0.3) is 11.3 Å². The van der Waals surface area contributed by atoms with Gasteiger partial charge in [0.15, 0.2) is 5.69 Å². The number of nitrogens with zero attached hydrogens (tertiary/aromatic N) is 4. The fourth-order valence-electron chi connectivity index (χ4n) is 4.63. The van der Waals surface area contributed by atoms with Crippen LogP contribution in [0.3, 0.4) is 0 Å². The second-order valence-corrected chi connectivity index (χ2v) is 8.62. The fourth-order valence-corrected chi connectivity index (χ4v) is 4.63. The minimum Gasteiger partial charge on any atom is -0.497 e. The Bertz CT molecular complexity index is 1130. The van der Waals surface area contributed by atoms with Crippen molar-refractivity contribution in [1.82, 2.24) is 25.1 Å². The molecule has 0 spiro atoms. The standard InChI is InChI=1S/C25H29N5O3/c1-32-18-8-6-7-17(13-18)21-14-26-15-22(27-21)23-16-30(11-12-33-23)25(31)24-19-9-4-2-3-5-10-20(19)28-29-24/h6-8,13-15,23H,2-5,9-12,16H2,1H3,(H,28,29)/t23-/m0/s1. The first-order valence-corrected chi connectivity index (χ1v) is 11.7. The number of aryl methyl sites for hydroxylation is 1. The Morgan fingerprint density at radius 2 is 2.06 bits per heavy atom. The molecule has 3 aromatic rings. The predicted molar refractivity (Wildman–Crippen MR) is 123 cm³/mol. The number of H-pyrrole nitrogens is 1. The number of hydrogen-bond donors (Lipinski definition) is 1. The lowest BCUT2D eigenvalue weighted by atomic mass is 9.96. The molecule has 1 amide bonds. The summed E-state index contributed by atoms with van der Waals surface area (Å²) in [7, 11) is 1.64. The molecule has 1 atom stereocenters. The van der Waals surface area contributed by atoms with E-state index in [1.54, 1.807) is 19.5 Å². The van der Waals surface area contributed by atoms with Gasteiger partial charge in [0.2, 0.25) is 0 Å². The first kappa shape index (κ1) is 21.6. The topological polar surface area (TPSA) is 93.2 Å². The molecule has 1 N–H and O–H groups in total. The Labute approximate surface area is 193 Å². The van der Waals surface area contributed by atoms with Crippen LogP contribution in [-0.2, 0) is 17.6 Å². The molecule has 0 radical (unpaired) electrons. The van der Waals surface area contributed by atoms with E-state index in [2.05, 4.69) is 15.2 Å². The van der Waals surface area contributed by atoms with Crippen molar-refractivity contribution < 1.29 is 14.3 Å². The lowest BCUT2D eigenvalue weighted by Gasteiger charge is -2.32. The van der Waals surface area contributed by atoms with Gasteiger partial charge in [-0.15, -0.1) is 0 Å². The molecule has 0 saturated carbocycles. The minimum atomic E-state index is -0.332. The first-order valence-electron chi connectivity index (χ1n) is 11.7. The van der Waals surface area contributed by atoms with Gasteiger partial charge in [-0.1, -0.05) is 25.0 Å². The Balaban J connectivity index is 1.35. The number of benzene rings is 1. The van der Waals surface area contributed by atoms with E-state index in [0.29, 0.717) is 31.1 Å². The van der Waals surface area contributed by atoms with Crippen molar-refractivity contribution in [2.24, 2.45) is 0 Å². The average Bonchev–Trinajstić information content (AvgIpc) is 3.25. The maximum atomic E-state index is 13.4. The van der Waals surface area contributed by atoms with Crippen molar-refractivity contribution in [3.05, 3.63) is 59.3 Å². The summed E-state index contributed by atoms with van der Waals surface area (Å²) >= 11 is 0. The molecule has 1 saturated heterocycles. The van der Waals surface area contributed by atoms with Gasteiger partial charge < -0.3 is 14.4 Å². The van der Waals surface area contributed by atoms with Gasteiger partial charge in [-0.25, -0.2) is 4.98 Å². The first-order chi connectivity index (χ1) is 16.2. The highest BCUT2D eigenvalue weighted by Gasteiger charge is 2.30. The Hall–Kier alpha value is -3.26. The smallest absolute Gasteiger partial charge is 0.274 e. The molecule has 1 aromatic carbocycles. The van der Waals surface area contributed by atoms with Crippen LogP contribution in [0.4, 0.5) is 0 Å². The average molecular weight is 448 g/mol. The van der Waals surface area contributed by atoms with E-state index in [-0.39, 0.29) is 12.0 Å². The molecule has 1 aliphatic carbocycles. The van der Waals surface area contributed by atoms with Crippen LogP contribution in [0.2, 0.25) is 0 Å².